The molecule has 83 heavy (non-hydrogen) atoms. The summed E-state index contributed by atoms with van der Waals surface area (Å²) >= 11 is 0. The molecule has 5 heteroatoms. The summed E-state index contributed by atoms with van der Waals surface area (Å²) in [6.45, 7) is 30.7. The zero-order chi connectivity index (χ0) is 57.7. The molecule has 0 fully saturated rings. The van der Waals surface area contributed by atoms with Crippen LogP contribution in [0.25, 0.3) is 33.2 Å². The topological polar surface area (TPSA) is 22.9 Å². The first-order chi connectivity index (χ1) is 39.6. The molecule has 1 aromatic heterocycles. The van der Waals surface area contributed by atoms with E-state index in [0.29, 0.717) is 0 Å². The van der Waals surface area contributed by atoms with Crippen LogP contribution in [-0.4, -0.2) is 6.71 Å². The number of benzene rings is 9. The third-order valence-electron chi connectivity index (χ3n) is 19.9. The molecule has 0 amide bonds. The number of nitrogens with zero attached hydrogens (tertiary/aromatic N) is 3. The monoisotopic (exact) mass is 1080 g/mol. The Morgan fingerprint density at radius 3 is 1.57 bits per heavy atom. The lowest BCUT2D eigenvalue weighted by Crippen LogP contribution is -2.61. The van der Waals surface area contributed by atoms with Crippen molar-refractivity contribution >= 4 is 85.5 Å². The average molecular weight is 1080 g/mol. The molecule has 2 aliphatic heterocycles. The molecule has 2 aliphatic carbocycles. The van der Waals surface area contributed by atoms with Gasteiger partial charge in [-0.05, 0) is 201 Å². The summed E-state index contributed by atoms with van der Waals surface area (Å²) in [5.74, 6) is 0. The average Bonchev–Trinajstić information content (AvgIpc) is 1.80. The van der Waals surface area contributed by atoms with Gasteiger partial charge in [-0.3, -0.25) is 0 Å². The van der Waals surface area contributed by atoms with Crippen molar-refractivity contribution in [3.8, 4) is 22.3 Å². The summed E-state index contributed by atoms with van der Waals surface area (Å²) in [4.78, 5) is 7.76. The Balaban J connectivity index is 1.17. The molecule has 0 saturated carbocycles. The van der Waals surface area contributed by atoms with Gasteiger partial charge in [-0.15, -0.1) is 0 Å². The van der Waals surface area contributed by atoms with Gasteiger partial charge in [0.05, 0.1) is 22.7 Å². The maximum Gasteiger partial charge on any atom is 0.297 e. The van der Waals surface area contributed by atoms with E-state index in [2.05, 4.69) is 293 Å². The van der Waals surface area contributed by atoms with Crippen molar-refractivity contribution in [2.24, 2.45) is 0 Å². The molecule has 0 spiro atoms. The number of furan rings is 1. The van der Waals surface area contributed by atoms with E-state index in [1.165, 1.54) is 77.5 Å². The van der Waals surface area contributed by atoms with E-state index in [-0.39, 0.29) is 33.8 Å². The van der Waals surface area contributed by atoms with Gasteiger partial charge in [-0.1, -0.05) is 196 Å². The lowest BCUT2D eigenvalue weighted by molar-refractivity contribution is 0.332. The van der Waals surface area contributed by atoms with E-state index < -0.39 is 0 Å². The largest absolute Gasteiger partial charge is 0.468 e. The van der Waals surface area contributed by atoms with Crippen LogP contribution in [0.5, 0.6) is 0 Å². The van der Waals surface area contributed by atoms with Gasteiger partial charge in [0.1, 0.15) is 5.58 Å². The minimum atomic E-state index is -0.269. The Morgan fingerprint density at radius 2 is 0.976 bits per heavy atom. The third kappa shape index (κ3) is 8.61. The van der Waals surface area contributed by atoms with Crippen molar-refractivity contribution in [2.75, 3.05) is 14.7 Å². The van der Waals surface area contributed by atoms with Crippen LogP contribution in [0.4, 0.5) is 51.2 Å². The van der Waals surface area contributed by atoms with Gasteiger partial charge in [0.15, 0.2) is 0 Å². The Labute approximate surface area is 493 Å². The summed E-state index contributed by atoms with van der Waals surface area (Å²) in [6.07, 6.45) is 4.52. The maximum absolute atomic E-state index is 7.86. The second-order valence-electron chi connectivity index (χ2n) is 28.5. The first-order valence-electron chi connectivity index (χ1n) is 30.4. The Morgan fingerprint density at radius 1 is 0.446 bits per heavy atom. The molecule has 0 bridgehead atoms. The molecule has 3 heterocycles. The van der Waals surface area contributed by atoms with E-state index in [1.54, 1.807) is 0 Å². The number of hydrogen-bond acceptors (Lipinski definition) is 4. The fourth-order valence-electron chi connectivity index (χ4n) is 14.6. The van der Waals surface area contributed by atoms with Gasteiger partial charge < -0.3 is 19.1 Å². The van der Waals surface area contributed by atoms with Crippen LogP contribution in [0.15, 0.2) is 192 Å². The molecule has 414 valence electrons. The first kappa shape index (κ1) is 53.0. The highest BCUT2D eigenvalue weighted by molar-refractivity contribution is 7.00. The van der Waals surface area contributed by atoms with Crippen LogP contribution in [0, 0.1) is 13.8 Å². The van der Waals surface area contributed by atoms with Crippen LogP contribution < -0.4 is 31.3 Å². The molecule has 0 unspecified atom stereocenters. The smallest absolute Gasteiger partial charge is 0.297 e. The zero-order valence-electron chi connectivity index (χ0n) is 51.1. The Bertz CT molecular complexity index is 4170. The van der Waals surface area contributed by atoms with Crippen molar-refractivity contribution in [1.82, 2.24) is 0 Å². The minimum absolute atomic E-state index is 0.00905. The predicted octanol–water partition coefficient (Wildman–Crippen LogP) is 19.9. The minimum Gasteiger partial charge on any atom is -0.468 e. The number of fused-ring (bicyclic) bond motifs is 8. The van der Waals surface area contributed by atoms with E-state index in [4.69, 9.17) is 4.42 Å². The van der Waals surface area contributed by atoms with E-state index in [1.807, 2.05) is 0 Å². The summed E-state index contributed by atoms with van der Waals surface area (Å²) in [6, 6.07) is 72.2. The number of rotatable bonds is 7. The van der Waals surface area contributed by atoms with E-state index >= 15 is 0 Å². The van der Waals surface area contributed by atoms with Crippen LogP contribution in [0.3, 0.4) is 0 Å². The lowest BCUT2D eigenvalue weighted by atomic mass is 9.35. The quantitative estimate of drug-likeness (QED) is 0.148. The fraction of sp³-hybridized carbons (Fsp3) is 0.282. The number of anilines is 9. The van der Waals surface area contributed by atoms with Crippen molar-refractivity contribution in [3.63, 3.8) is 0 Å². The highest BCUT2D eigenvalue weighted by atomic mass is 16.3. The fourth-order valence-corrected chi connectivity index (χ4v) is 14.6. The SMILES string of the molecule is Cc1ccc(N(c2ccc(C)cc2)c2cc3c4c(c2)N(c2ccc5c(c2)C(C)(C)CCC5(C)C)c2c(oc5cc6c(cc25)C(C)(C)CCC6(C)C)B4c2cc(-c4ccccc4)ccc2N3c2ccc(C(C)(C)C)cc2-c2ccccc2)cc1. The molecular formula is C78H78BN3O. The van der Waals surface area contributed by atoms with Crippen LogP contribution in [0.2, 0.25) is 0 Å². The van der Waals surface area contributed by atoms with Crippen LogP contribution in [0.1, 0.15) is 141 Å². The van der Waals surface area contributed by atoms with Gasteiger partial charge >= 0.3 is 0 Å². The lowest BCUT2D eigenvalue weighted by Gasteiger charge is -2.45. The molecule has 0 atom stereocenters. The van der Waals surface area contributed by atoms with E-state index in [0.717, 1.165) is 88.1 Å². The third-order valence-corrected chi connectivity index (χ3v) is 19.9. The van der Waals surface area contributed by atoms with Gasteiger partial charge in [0.25, 0.3) is 6.71 Å². The van der Waals surface area contributed by atoms with Gasteiger partial charge in [-0.2, -0.15) is 0 Å². The summed E-state index contributed by atoms with van der Waals surface area (Å²) in [5, 5.41) is 1.17. The van der Waals surface area contributed by atoms with Crippen molar-refractivity contribution in [2.45, 2.75) is 143 Å². The van der Waals surface area contributed by atoms with E-state index in [9.17, 15) is 0 Å². The Kier molecular flexibility index (Phi) is 12.0. The van der Waals surface area contributed by atoms with Crippen LogP contribution in [-0.2, 0) is 27.1 Å². The standard InChI is InChI=1S/C78H78BN3O/c1-49-24-30-55(31-25-49)80(56-32-26-50(2)27-33-56)58-45-68-71-69(46-58)82(66-37-29-54(74(3,4)5)43-59(66)52-22-18-15-19-23-52)67-36-28-53(51-20-16-14-17-21-51)42-65(67)79(71)73-72(60-47-63-64(48-70(60)83-73)78(12,13)41-40-77(63,10)11)81(68)57-34-35-61-62(44-57)76(8,9)39-38-75(61,6)7/h14-37,42-48H,38-41H2,1-13H3. The molecule has 10 aromatic rings. The normalized spacial score (nSPS) is 16.9. The molecule has 14 rings (SSSR count). The van der Waals surface area contributed by atoms with Crippen molar-refractivity contribution in [3.05, 3.63) is 227 Å². The number of hydrogen-bond donors (Lipinski definition) is 0. The highest BCUT2D eigenvalue weighted by Crippen LogP contribution is 2.56. The van der Waals surface area contributed by atoms with Crippen molar-refractivity contribution in [1.29, 1.82) is 0 Å². The molecule has 9 aromatic carbocycles. The first-order valence-corrected chi connectivity index (χ1v) is 30.4. The second kappa shape index (κ2) is 18.7. The van der Waals surface area contributed by atoms with Crippen LogP contribution >= 0.6 is 0 Å². The molecule has 0 radical (unpaired) electrons. The molecule has 4 aliphatic rings. The van der Waals surface area contributed by atoms with Gasteiger partial charge in [-0.25, -0.2) is 0 Å². The zero-order valence-corrected chi connectivity index (χ0v) is 51.1. The maximum atomic E-state index is 7.86. The van der Waals surface area contributed by atoms with Crippen molar-refractivity contribution < 1.29 is 4.42 Å². The predicted molar refractivity (Wildman–Crippen MR) is 355 cm³/mol. The molecule has 4 nitrogen and oxygen atoms in total. The Hall–Kier alpha value is -8.02. The summed E-state index contributed by atoms with van der Waals surface area (Å²) in [5.41, 5.74) is 28.6. The molecular weight excluding hydrogens is 1010 g/mol. The molecule has 0 N–H and O–H groups in total. The molecule has 0 saturated heterocycles. The summed E-state index contributed by atoms with van der Waals surface area (Å²) in [7, 11) is 0. The number of aryl methyl sites for hydroxylation is 2. The highest BCUT2D eigenvalue weighted by Gasteiger charge is 2.49. The second-order valence-corrected chi connectivity index (χ2v) is 28.5. The summed E-state index contributed by atoms with van der Waals surface area (Å²) < 4.78 is 7.86. The van der Waals surface area contributed by atoms with Gasteiger partial charge in [0, 0.05) is 45.1 Å². The van der Waals surface area contributed by atoms with Gasteiger partial charge in [0.2, 0.25) is 0 Å².